The lowest BCUT2D eigenvalue weighted by atomic mass is 10.1. The van der Waals surface area contributed by atoms with Gasteiger partial charge in [0.25, 0.3) is 0 Å². The van der Waals surface area contributed by atoms with Crippen LogP contribution in [0.4, 0.5) is 11.6 Å². The summed E-state index contributed by atoms with van der Waals surface area (Å²) in [5.74, 6) is 3.40. The molecule has 1 saturated carbocycles. The van der Waals surface area contributed by atoms with Crippen molar-refractivity contribution >= 4 is 11.6 Å². The number of anilines is 2. The van der Waals surface area contributed by atoms with Crippen LogP contribution in [0, 0.1) is 5.92 Å². The Balaban J connectivity index is 2.17. The van der Waals surface area contributed by atoms with Gasteiger partial charge in [-0.1, -0.05) is 13.8 Å². The van der Waals surface area contributed by atoms with E-state index in [9.17, 15) is 5.11 Å². The average molecular weight is 250 g/mol. The standard InChI is InChI=1S/C13H22N4O/c1-8(2)10(7-18)15-12-6-11(14-3)16-13(17-12)9-4-5-9/h6,8-10,18H,4-5,7H2,1-3H3,(H2,14,15,16,17). The van der Waals surface area contributed by atoms with Gasteiger partial charge in [0.2, 0.25) is 0 Å². The molecule has 1 atom stereocenters. The summed E-state index contributed by atoms with van der Waals surface area (Å²) in [5.41, 5.74) is 0. The van der Waals surface area contributed by atoms with Crippen molar-refractivity contribution in [2.75, 3.05) is 24.3 Å². The van der Waals surface area contributed by atoms with Gasteiger partial charge >= 0.3 is 0 Å². The van der Waals surface area contributed by atoms with Crippen molar-refractivity contribution < 1.29 is 5.11 Å². The Labute approximate surface area is 108 Å². The summed E-state index contributed by atoms with van der Waals surface area (Å²) in [6.45, 7) is 4.26. The monoisotopic (exact) mass is 250 g/mol. The molecule has 1 heterocycles. The van der Waals surface area contributed by atoms with Crippen LogP contribution in [0.2, 0.25) is 0 Å². The number of aromatic nitrogens is 2. The molecule has 1 aromatic heterocycles. The fourth-order valence-corrected chi connectivity index (χ4v) is 1.81. The van der Waals surface area contributed by atoms with Crippen molar-refractivity contribution in [3.05, 3.63) is 11.9 Å². The molecule has 1 aliphatic carbocycles. The van der Waals surface area contributed by atoms with Crippen molar-refractivity contribution in [1.29, 1.82) is 0 Å². The van der Waals surface area contributed by atoms with E-state index in [4.69, 9.17) is 0 Å². The molecule has 0 bridgehead atoms. The Bertz CT molecular complexity index is 404. The third-order valence-corrected chi connectivity index (χ3v) is 3.28. The quantitative estimate of drug-likeness (QED) is 0.718. The van der Waals surface area contributed by atoms with Crippen molar-refractivity contribution in [2.45, 2.75) is 38.6 Å². The molecule has 0 radical (unpaired) electrons. The highest BCUT2D eigenvalue weighted by molar-refractivity contribution is 5.48. The van der Waals surface area contributed by atoms with Crippen LogP contribution in [0.5, 0.6) is 0 Å². The fourth-order valence-electron chi connectivity index (χ4n) is 1.81. The van der Waals surface area contributed by atoms with E-state index in [1.54, 1.807) is 0 Å². The lowest BCUT2D eigenvalue weighted by Crippen LogP contribution is -2.30. The molecular formula is C13H22N4O. The highest BCUT2D eigenvalue weighted by Crippen LogP contribution is 2.38. The zero-order valence-corrected chi connectivity index (χ0v) is 11.3. The number of hydrogen-bond donors (Lipinski definition) is 3. The molecule has 1 aromatic rings. The SMILES string of the molecule is CNc1cc(NC(CO)C(C)C)nc(C2CC2)n1. The van der Waals surface area contributed by atoms with Gasteiger partial charge in [0.1, 0.15) is 17.5 Å². The zero-order chi connectivity index (χ0) is 13.1. The first-order valence-electron chi connectivity index (χ1n) is 6.58. The largest absolute Gasteiger partial charge is 0.394 e. The predicted molar refractivity (Wildman–Crippen MR) is 72.9 cm³/mol. The van der Waals surface area contributed by atoms with Gasteiger partial charge in [-0.25, -0.2) is 9.97 Å². The Morgan fingerprint density at radius 1 is 1.33 bits per heavy atom. The van der Waals surface area contributed by atoms with E-state index in [1.165, 1.54) is 12.8 Å². The van der Waals surface area contributed by atoms with E-state index in [1.807, 2.05) is 13.1 Å². The molecule has 100 valence electrons. The molecule has 1 aliphatic rings. The van der Waals surface area contributed by atoms with Crippen LogP contribution in [0.3, 0.4) is 0 Å². The normalized spacial score (nSPS) is 16.7. The molecule has 0 aliphatic heterocycles. The van der Waals surface area contributed by atoms with E-state index in [0.717, 1.165) is 17.5 Å². The predicted octanol–water partition coefficient (Wildman–Crippen LogP) is 1.82. The molecule has 0 amide bonds. The van der Waals surface area contributed by atoms with Crippen LogP contribution < -0.4 is 10.6 Å². The fraction of sp³-hybridized carbons (Fsp3) is 0.692. The molecule has 3 N–H and O–H groups in total. The number of rotatable bonds is 6. The van der Waals surface area contributed by atoms with Crippen LogP contribution in [-0.4, -0.2) is 34.8 Å². The minimum atomic E-state index is 0.0247. The smallest absolute Gasteiger partial charge is 0.136 e. The van der Waals surface area contributed by atoms with Crippen molar-refractivity contribution in [1.82, 2.24) is 9.97 Å². The second-order valence-corrected chi connectivity index (χ2v) is 5.20. The Kier molecular flexibility index (Phi) is 4.01. The summed E-state index contributed by atoms with van der Waals surface area (Å²) in [5, 5.41) is 15.7. The molecule has 5 heteroatoms. The lowest BCUT2D eigenvalue weighted by Gasteiger charge is -2.21. The summed E-state index contributed by atoms with van der Waals surface area (Å²) >= 11 is 0. The van der Waals surface area contributed by atoms with Crippen LogP contribution in [0.25, 0.3) is 0 Å². The maximum Gasteiger partial charge on any atom is 0.136 e. The summed E-state index contributed by atoms with van der Waals surface area (Å²) in [6, 6.07) is 1.91. The summed E-state index contributed by atoms with van der Waals surface area (Å²) in [6.07, 6.45) is 2.36. The Hall–Kier alpha value is -1.36. The van der Waals surface area contributed by atoms with Crippen LogP contribution in [0.1, 0.15) is 38.4 Å². The minimum Gasteiger partial charge on any atom is -0.394 e. The topological polar surface area (TPSA) is 70.1 Å². The molecule has 2 rings (SSSR count). The molecule has 0 aromatic carbocycles. The minimum absolute atomic E-state index is 0.0247. The second kappa shape index (κ2) is 5.52. The summed E-state index contributed by atoms with van der Waals surface area (Å²) < 4.78 is 0. The molecule has 0 saturated heterocycles. The van der Waals surface area contributed by atoms with Gasteiger partial charge < -0.3 is 15.7 Å². The van der Waals surface area contributed by atoms with Gasteiger partial charge in [-0.05, 0) is 18.8 Å². The first-order chi connectivity index (χ1) is 8.63. The van der Waals surface area contributed by atoms with Crippen LogP contribution >= 0.6 is 0 Å². The average Bonchev–Trinajstić information content (AvgIpc) is 3.19. The molecule has 18 heavy (non-hydrogen) atoms. The highest BCUT2D eigenvalue weighted by Gasteiger charge is 2.27. The Morgan fingerprint density at radius 2 is 2.00 bits per heavy atom. The van der Waals surface area contributed by atoms with Gasteiger partial charge in [0, 0.05) is 19.0 Å². The maximum atomic E-state index is 9.35. The number of aliphatic hydroxyl groups is 1. The first-order valence-corrected chi connectivity index (χ1v) is 6.58. The molecule has 0 spiro atoms. The highest BCUT2D eigenvalue weighted by atomic mass is 16.3. The van der Waals surface area contributed by atoms with Gasteiger partial charge in [0.05, 0.1) is 12.6 Å². The number of aliphatic hydroxyl groups excluding tert-OH is 1. The van der Waals surface area contributed by atoms with Crippen LogP contribution in [0.15, 0.2) is 6.07 Å². The molecular weight excluding hydrogens is 228 g/mol. The van der Waals surface area contributed by atoms with E-state index >= 15 is 0 Å². The van der Waals surface area contributed by atoms with Crippen molar-refractivity contribution in [3.8, 4) is 0 Å². The van der Waals surface area contributed by atoms with E-state index in [2.05, 4.69) is 34.4 Å². The third kappa shape index (κ3) is 3.10. The van der Waals surface area contributed by atoms with Gasteiger partial charge in [-0.3, -0.25) is 0 Å². The zero-order valence-electron chi connectivity index (χ0n) is 11.3. The van der Waals surface area contributed by atoms with E-state index in [0.29, 0.717) is 11.8 Å². The molecule has 5 nitrogen and oxygen atoms in total. The van der Waals surface area contributed by atoms with Crippen LogP contribution in [-0.2, 0) is 0 Å². The lowest BCUT2D eigenvalue weighted by molar-refractivity contribution is 0.249. The third-order valence-electron chi connectivity index (χ3n) is 3.28. The number of hydrogen-bond acceptors (Lipinski definition) is 5. The number of nitrogens with one attached hydrogen (secondary N) is 2. The van der Waals surface area contributed by atoms with Crippen molar-refractivity contribution in [3.63, 3.8) is 0 Å². The maximum absolute atomic E-state index is 9.35. The Morgan fingerprint density at radius 3 is 2.50 bits per heavy atom. The summed E-state index contributed by atoms with van der Waals surface area (Å²) in [7, 11) is 1.86. The van der Waals surface area contributed by atoms with Gasteiger partial charge in [-0.2, -0.15) is 0 Å². The van der Waals surface area contributed by atoms with E-state index < -0.39 is 0 Å². The van der Waals surface area contributed by atoms with Crippen molar-refractivity contribution in [2.24, 2.45) is 5.92 Å². The molecule has 1 unspecified atom stereocenters. The second-order valence-electron chi connectivity index (χ2n) is 5.20. The first kappa shape index (κ1) is 13.1. The number of nitrogens with zero attached hydrogens (tertiary/aromatic N) is 2. The van der Waals surface area contributed by atoms with Gasteiger partial charge in [0.15, 0.2) is 0 Å². The molecule has 1 fully saturated rings. The van der Waals surface area contributed by atoms with Gasteiger partial charge in [-0.15, -0.1) is 0 Å². The van der Waals surface area contributed by atoms with E-state index in [-0.39, 0.29) is 12.6 Å². The summed E-state index contributed by atoms with van der Waals surface area (Å²) in [4.78, 5) is 9.01.